The minimum atomic E-state index is -0.152. The van der Waals surface area contributed by atoms with E-state index in [0.29, 0.717) is 31.7 Å². The molecule has 0 radical (unpaired) electrons. The fraction of sp³-hybridized carbons (Fsp3) is 0.846. The summed E-state index contributed by atoms with van der Waals surface area (Å²) in [4.78, 5) is 22.4. The molecule has 16 heavy (non-hydrogen) atoms. The van der Waals surface area contributed by atoms with Gasteiger partial charge in [0.1, 0.15) is 5.78 Å². The van der Waals surface area contributed by atoms with Gasteiger partial charge in [0, 0.05) is 19.3 Å². The summed E-state index contributed by atoms with van der Waals surface area (Å²) in [6.07, 6.45) is 6.62. The summed E-state index contributed by atoms with van der Waals surface area (Å²) in [6.45, 7) is 4.37. The van der Waals surface area contributed by atoms with Crippen LogP contribution in [0.5, 0.6) is 0 Å². The molecule has 3 heteroatoms. The van der Waals surface area contributed by atoms with Crippen LogP contribution in [0, 0.1) is 0 Å². The van der Waals surface area contributed by atoms with Crippen LogP contribution in [-0.4, -0.2) is 18.4 Å². The van der Waals surface area contributed by atoms with E-state index in [4.69, 9.17) is 4.74 Å². The van der Waals surface area contributed by atoms with E-state index in [1.165, 1.54) is 0 Å². The van der Waals surface area contributed by atoms with E-state index < -0.39 is 0 Å². The Bertz CT molecular complexity index is 199. The maximum Gasteiger partial charge on any atom is 0.305 e. The lowest BCUT2D eigenvalue weighted by atomic mass is 10.1. The molecule has 0 unspecified atom stereocenters. The Hall–Kier alpha value is -0.860. The topological polar surface area (TPSA) is 43.4 Å². The molecule has 0 aliphatic carbocycles. The molecule has 0 N–H and O–H groups in total. The summed E-state index contributed by atoms with van der Waals surface area (Å²) in [5.74, 6) is 0.179. The Morgan fingerprint density at radius 2 is 1.44 bits per heavy atom. The maximum atomic E-state index is 11.4. The molecular weight excluding hydrogens is 204 g/mol. The first-order valence-corrected chi connectivity index (χ1v) is 6.38. The molecule has 0 rings (SSSR count). The highest BCUT2D eigenvalue weighted by Crippen LogP contribution is 2.07. The normalized spacial score (nSPS) is 10.1. The molecule has 0 fully saturated rings. The van der Waals surface area contributed by atoms with Gasteiger partial charge < -0.3 is 4.74 Å². The van der Waals surface area contributed by atoms with E-state index in [1.54, 1.807) is 6.92 Å². The van der Waals surface area contributed by atoms with Gasteiger partial charge in [0.2, 0.25) is 0 Å². The summed E-state index contributed by atoms with van der Waals surface area (Å²) < 4.78 is 4.80. The Balaban J connectivity index is 3.30. The first-order valence-electron chi connectivity index (χ1n) is 6.38. The average molecular weight is 228 g/mol. The number of ether oxygens (including phenoxy) is 1. The number of hydrogen-bond acceptors (Lipinski definition) is 3. The Labute approximate surface area is 98.6 Å². The largest absolute Gasteiger partial charge is 0.466 e. The van der Waals surface area contributed by atoms with E-state index in [9.17, 15) is 9.59 Å². The monoisotopic (exact) mass is 228 g/mol. The number of carbonyl (C=O) groups excluding carboxylic acids is 2. The lowest BCUT2D eigenvalue weighted by molar-refractivity contribution is -0.143. The molecule has 0 bridgehead atoms. The van der Waals surface area contributed by atoms with Crippen molar-refractivity contribution in [1.29, 1.82) is 0 Å². The van der Waals surface area contributed by atoms with Crippen molar-refractivity contribution in [2.24, 2.45) is 0 Å². The van der Waals surface area contributed by atoms with Crippen molar-refractivity contribution in [3.05, 3.63) is 0 Å². The Morgan fingerprint density at radius 1 is 0.875 bits per heavy atom. The molecule has 0 spiro atoms. The fourth-order valence-electron chi connectivity index (χ4n) is 1.52. The third kappa shape index (κ3) is 9.69. The number of ketones is 1. The van der Waals surface area contributed by atoms with Gasteiger partial charge >= 0.3 is 5.97 Å². The highest BCUT2D eigenvalue weighted by molar-refractivity contribution is 5.78. The summed E-state index contributed by atoms with van der Waals surface area (Å²) in [5.41, 5.74) is 0. The number of rotatable bonds is 10. The molecule has 0 saturated carbocycles. The second-order valence-electron chi connectivity index (χ2n) is 4.01. The first kappa shape index (κ1) is 15.1. The molecule has 0 aromatic carbocycles. The van der Waals surface area contributed by atoms with Gasteiger partial charge in [-0.3, -0.25) is 9.59 Å². The average Bonchev–Trinajstić information content (AvgIpc) is 2.25. The minimum absolute atomic E-state index is 0.152. The van der Waals surface area contributed by atoms with Crippen LogP contribution in [0.15, 0.2) is 0 Å². The predicted molar refractivity (Wildman–Crippen MR) is 64.3 cm³/mol. The SMILES string of the molecule is CCCCCC(=O)CCCCC(=O)OCC. The number of esters is 1. The van der Waals surface area contributed by atoms with Gasteiger partial charge in [-0.05, 0) is 26.2 Å². The molecule has 0 heterocycles. The van der Waals surface area contributed by atoms with Crippen LogP contribution >= 0.6 is 0 Å². The van der Waals surface area contributed by atoms with Crippen molar-refractivity contribution in [3.8, 4) is 0 Å². The quantitative estimate of drug-likeness (QED) is 0.426. The smallest absolute Gasteiger partial charge is 0.305 e. The van der Waals surface area contributed by atoms with Crippen molar-refractivity contribution < 1.29 is 14.3 Å². The van der Waals surface area contributed by atoms with Gasteiger partial charge in [0.15, 0.2) is 0 Å². The number of Topliss-reactive ketones (excluding diaryl/α,β-unsaturated/α-hetero) is 1. The summed E-state index contributed by atoms with van der Waals surface area (Å²) in [6, 6.07) is 0. The van der Waals surface area contributed by atoms with E-state index in [2.05, 4.69) is 6.92 Å². The Kier molecular flexibility index (Phi) is 10.1. The number of unbranched alkanes of at least 4 members (excludes halogenated alkanes) is 3. The second-order valence-corrected chi connectivity index (χ2v) is 4.01. The van der Waals surface area contributed by atoms with Gasteiger partial charge in [-0.15, -0.1) is 0 Å². The van der Waals surface area contributed by atoms with Gasteiger partial charge in [-0.25, -0.2) is 0 Å². The van der Waals surface area contributed by atoms with Gasteiger partial charge in [0.05, 0.1) is 6.61 Å². The van der Waals surface area contributed by atoms with Crippen molar-refractivity contribution in [3.63, 3.8) is 0 Å². The third-order valence-electron chi connectivity index (χ3n) is 2.45. The predicted octanol–water partition coefficient (Wildman–Crippen LogP) is 3.26. The zero-order valence-electron chi connectivity index (χ0n) is 10.6. The molecule has 3 nitrogen and oxygen atoms in total. The summed E-state index contributed by atoms with van der Waals surface area (Å²) in [5, 5.41) is 0. The van der Waals surface area contributed by atoms with Crippen LogP contribution in [0.1, 0.15) is 65.2 Å². The highest BCUT2D eigenvalue weighted by Gasteiger charge is 2.04. The molecule has 0 atom stereocenters. The van der Waals surface area contributed by atoms with E-state index in [0.717, 1.165) is 32.1 Å². The molecule has 0 aliphatic heterocycles. The maximum absolute atomic E-state index is 11.4. The van der Waals surface area contributed by atoms with Crippen molar-refractivity contribution in [2.45, 2.75) is 65.2 Å². The van der Waals surface area contributed by atoms with Crippen molar-refractivity contribution in [2.75, 3.05) is 6.61 Å². The van der Waals surface area contributed by atoms with Crippen LogP contribution in [0.4, 0.5) is 0 Å². The van der Waals surface area contributed by atoms with Crippen molar-refractivity contribution in [1.82, 2.24) is 0 Å². The zero-order chi connectivity index (χ0) is 12.2. The summed E-state index contributed by atoms with van der Waals surface area (Å²) >= 11 is 0. The lowest BCUT2D eigenvalue weighted by Crippen LogP contribution is -2.04. The van der Waals surface area contributed by atoms with Gasteiger partial charge in [-0.2, -0.15) is 0 Å². The van der Waals surface area contributed by atoms with E-state index >= 15 is 0 Å². The lowest BCUT2D eigenvalue weighted by Gasteiger charge is -2.02. The molecule has 0 aromatic rings. The minimum Gasteiger partial charge on any atom is -0.466 e. The second kappa shape index (κ2) is 10.7. The standard InChI is InChI=1S/C13H24O3/c1-3-5-6-9-12(14)10-7-8-11-13(15)16-4-2/h3-11H2,1-2H3. The number of hydrogen-bond donors (Lipinski definition) is 0. The number of carbonyl (C=O) groups is 2. The third-order valence-corrected chi connectivity index (χ3v) is 2.45. The van der Waals surface area contributed by atoms with Crippen LogP contribution in [0.3, 0.4) is 0 Å². The molecule has 0 aliphatic rings. The van der Waals surface area contributed by atoms with E-state index in [-0.39, 0.29) is 5.97 Å². The molecule has 94 valence electrons. The fourth-order valence-corrected chi connectivity index (χ4v) is 1.52. The van der Waals surface area contributed by atoms with Crippen molar-refractivity contribution >= 4 is 11.8 Å². The highest BCUT2D eigenvalue weighted by atomic mass is 16.5. The molecule has 0 saturated heterocycles. The van der Waals surface area contributed by atoms with Crippen LogP contribution in [-0.2, 0) is 14.3 Å². The van der Waals surface area contributed by atoms with E-state index in [1.807, 2.05) is 0 Å². The molecular formula is C13H24O3. The van der Waals surface area contributed by atoms with Crippen LogP contribution in [0.25, 0.3) is 0 Å². The molecule has 0 amide bonds. The van der Waals surface area contributed by atoms with Gasteiger partial charge in [-0.1, -0.05) is 19.8 Å². The Morgan fingerprint density at radius 3 is 2.00 bits per heavy atom. The van der Waals surface area contributed by atoms with Crippen LogP contribution < -0.4 is 0 Å². The molecule has 0 aromatic heterocycles. The zero-order valence-corrected chi connectivity index (χ0v) is 10.6. The van der Waals surface area contributed by atoms with Gasteiger partial charge in [0.25, 0.3) is 0 Å². The van der Waals surface area contributed by atoms with Crippen LogP contribution in [0.2, 0.25) is 0 Å². The first-order chi connectivity index (χ1) is 7.70. The summed E-state index contributed by atoms with van der Waals surface area (Å²) in [7, 11) is 0.